The normalized spacial score (nSPS) is 13.8. The molecule has 0 heterocycles. The molecular weight excluding hydrogens is 404 g/mol. The average Bonchev–Trinajstić information content (AvgIpc) is 3.21. The quantitative estimate of drug-likeness (QED) is 0.604. The number of hydrogen-bond acceptors (Lipinski definition) is 2. The summed E-state index contributed by atoms with van der Waals surface area (Å²) in [6.07, 6.45) is 4.70. The van der Waals surface area contributed by atoms with E-state index in [-0.39, 0.29) is 11.3 Å². The first-order chi connectivity index (χ1) is 9.97. The molecule has 21 heavy (non-hydrogen) atoms. The van der Waals surface area contributed by atoms with E-state index >= 15 is 0 Å². The molecule has 0 aliphatic heterocycles. The van der Waals surface area contributed by atoms with Crippen LogP contribution >= 0.6 is 31.9 Å². The molecule has 1 aromatic carbocycles. The third kappa shape index (κ3) is 5.00. The smallest absolute Gasteiger partial charge is 0.337 e. The van der Waals surface area contributed by atoms with Gasteiger partial charge >= 0.3 is 12.0 Å². The highest BCUT2D eigenvalue weighted by molar-refractivity contribution is 9.11. The van der Waals surface area contributed by atoms with Crippen LogP contribution in [-0.2, 0) is 0 Å². The van der Waals surface area contributed by atoms with E-state index in [1.165, 1.54) is 18.9 Å². The van der Waals surface area contributed by atoms with Gasteiger partial charge in [0.15, 0.2) is 0 Å². The first kappa shape index (κ1) is 16.3. The number of nitrogens with one attached hydrogen (secondary N) is 2. The van der Waals surface area contributed by atoms with Gasteiger partial charge in [-0.05, 0) is 46.8 Å². The van der Waals surface area contributed by atoms with E-state index in [9.17, 15) is 14.7 Å². The van der Waals surface area contributed by atoms with E-state index in [0.717, 1.165) is 18.8 Å². The molecule has 1 saturated carbocycles. The van der Waals surface area contributed by atoms with Gasteiger partial charge in [-0.2, -0.15) is 0 Å². The van der Waals surface area contributed by atoms with Gasteiger partial charge in [-0.15, -0.1) is 0 Å². The van der Waals surface area contributed by atoms with Crippen molar-refractivity contribution in [3.05, 3.63) is 26.6 Å². The van der Waals surface area contributed by atoms with Crippen molar-refractivity contribution in [2.75, 3.05) is 11.9 Å². The first-order valence-electron chi connectivity index (χ1n) is 6.74. The Bertz CT molecular complexity index is 559. The van der Waals surface area contributed by atoms with Crippen molar-refractivity contribution in [3.63, 3.8) is 0 Å². The zero-order chi connectivity index (χ0) is 15.4. The SMILES string of the molecule is O=C(NCCCC1CC1)Nc1c(Br)cc(Br)cc1C(=O)O. The summed E-state index contributed by atoms with van der Waals surface area (Å²) >= 11 is 6.50. The van der Waals surface area contributed by atoms with E-state index < -0.39 is 12.0 Å². The number of carboxylic acid groups (broad SMARTS) is 1. The summed E-state index contributed by atoms with van der Waals surface area (Å²) in [6, 6.07) is 2.75. The standard InChI is InChI=1S/C14H16Br2N2O3/c15-9-6-10(13(19)20)12(11(16)7-9)18-14(21)17-5-1-2-8-3-4-8/h6-8H,1-5H2,(H,19,20)(H2,17,18,21). The van der Waals surface area contributed by atoms with Gasteiger partial charge in [0.1, 0.15) is 0 Å². The highest BCUT2D eigenvalue weighted by Crippen LogP contribution is 2.33. The van der Waals surface area contributed by atoms with Gasteiger partial charge in [0.05, 0.1) is 11.3 Å². The van der Waals surface area contributed by atoms with Crippen LogP contribution in [0.2, 0.25) is 0 Å². The molecule has 0 bridgehead atoms. The summed E-state index contributed by atoms with van der Waals surface area (Å²) in [6.45, 7) is 0.596. The Labute approximate surface area is 139 Å². The molecular formula is C14H16Br2N2O3. The lowest BCUT2D eigenvalue weighted by Crippen LogP contribution is -2.30. The van der Waals surface area contributed by atoms with Crippen molar-refractivity contribution in [1.29, 1.82) is 0 Å². The molecule has 1 fully saturated rings. The zero-order valence-corrected chi connectivity index (χ0v) is 14.5. The number of rotatable bonds is 6. The molecule has 1 aromatic rings. The second-order valence-corrected chi connectivity index (χ2v) is 6.85. The van der Waals surface area contributed by atoms with E-state index in [0.29, 0.717) is 15.5 Å². The maximum atomic E-state index is 11.8. The Hall–Kier alpha value is -1.08. The number of benzene rings is 1. The molecule has 0 aromatic heterocycles. The molecule has 114 valence electrons. The molecule has 2 amide bonds. The molecule has 0 radical (unpaired) electrons. The molecule has 2 rings (SSSR count). The molecule has 5 nitrogen and oxygen atoms in total. The minimum atomic E-state index is -1.10. The number of urea groups is 1. The Morgan fingerprint density at radius 2 is 2.00 bits per heavy atom. The molecule has 7 heteroatoms. The van der Waals surface area contributed by atoms with Crippen molar-refractivity contribution >= 4 is 49.5 Å². The number of aromatic carboxylic acids is 1. The molecule has 0 saturated heterocycles. The summed E-state index contributed by atoms with van der Waals surface area (Å²) < 4.78 is 1.14. The van der Waals surface area contributed by atoms with Crippen molar-refractivity contribution in [2.45, 2.75) is 25.7 Å². The number of carboxylic acids is 1. The second kappa shape index (κ2) is 7.26. The van der Waals surface area contributed by atoms with Crippen LogP contribution in [0.15, 0.2) is 21.1 Å². The molecule has 0 unspecified atom stereocenters. The largest absolute Gasteiger partial charge is 0.478 e. The predicted molar refractivity (Wildman–Crippen MR) is 87.8 cm³/mol. The summed E-state index contributed by atoms with van der Waals surface area (Å²) in [5.41, 5.74) is 0.287. The van der Waals surface area contributed by atoms with Gasteiger partial charge in [0.25, 0.3) is 0 Å². The van der Waals surface area contributed by atoms with Crippen molar-refractivity contribution in [3.8, 4) is 0 Å². The van der Waals surface area contributed by atoms with Gasteiger partial charge in [-0.3, -0.25) is 0 Å². The number of halogens is 2. The number of carbonyl (C=O) groups excluding carboxylic acids is 1. The summed E-state index contributed by atoms with van der Waals surface area (Å²) in [5, 5.41) is 14.5. The van der Waals surface area contributed by atoms with Crippen LogP contribution in [0.1, 0.15) is 36.0 Å². The van der Waals surface area contributed by atoms with Crippen LogP contribution in [0, 0.1) is 5.92 Å². The number of anilines is 1. The van der Waals surface area contributed by atoms with Crippen LogP contribution in [0.5, 0.6) is 0 Å². The lowest BCUT2D eigenvalue weighted by atomic mass is 10.2. The van der Waals surface area contributed by atoms with E-state index in [1.807, 2.05) is 0 Å². The van der Waals surface area contributed by atoms with Gasteiger partial charge in [0, 0.05) is 15.5 Å². The van der Waals surface area contributed by atoms with Crippen LogP contribution in [0.4, 0.5) is 10.5 Å². The van der Waals surface area contributed by atoms with Crippen LogP contribution in [-0.4, -0.2) is 23.7 Å². The minimum Gasteiger partial charge on any atom is -0.478 e. The summed E-state index contributed by atoms with van der Waals surface area (Å²) in [4.78, 5) is 23.1. The monoisotopic (exact) mass is 418 g/mol. The fraction of sp³-hybridized carbons (Fsp3) is 0.429. The third-order valence-electron chi connectivity index (χ3n) is 3.30. The lowest BCUT2D eigenvalue weighted by molar-refractivity contribution is 0.0698. The molecule has 3 N–H and O–H groups in total. The van der Waals surface area contributed by atoms with E-state index in [1.54, 1.807) is 6.07 Å². The van der Waals surface area contributed by atoms with Gasteiger partial charge in [0.2, 0.25) is 0 Å². The zero-order valence-electron chi connectivity index (χ0n) is 11.3. The molecule has 0 atom stereocenters. The lowest BCUT2D eigenvalue weighted by Gasteiger charge is -2.12. The first-order valence-corrected chi connectivity index (χ1v) is 8.33. The number of amides is 2. The summed E-state index contributed by atoms with van der Waals surface area (Å²) in [7, 11) is 0. The van der Waals surface area contributed by atoms with E-state index in [2.05, 4.69) is 42.5 Å². The number of hydrogen-bond donors (Lipinski definition) is 3. The van der Waals surface area contributed by atoms with Crippen LogP contribution in [0.3, 0.4) is 0 Å². The predicted octanol–water partition coefficient (Wildman–Crippen LogP) is 4.22. The highest BCUT2D eigenvalue weighted by Gasteiger charge is 2.20. The van der Waals surface area contributed by atoms with E-state index in [4.69, 9.17) is 0 Å². The van der Waals surface area contributed by atoms with Crippen LogP contribution < -0.4 is 10.6 Å². The molecule has 0 spiro atoms. The van der Waals surface area contributed by atoms with Crippen LogP contribution in [0.25, 0.3) is 0 Å². The van der Waals surface area contributed by atoms with Crippen molar-refractivity contribution in [1.82, 2.24) is 5.32 Å². The van der Waals surface area contributed by atoms with Crippen molar-refractivity contribution in [2.24, 2.45) is 5.92 Å². The maximum Gasteiger partial charge on any atom is 0.337 e. The Morgan fingerprint density at radius 1 is 1.29 bits per heavy atom. The summed E-state index contributed by atoms with van der Waals surface area (Å²) in [5.74, 6) is -0.255. The maximum absolute atomic E-state index is 11.8. The van der Waals surface area contributed by atoms with Gasteiger partial charge < -0.3 is 15.7 Å². The van der Waals surface area contributed by atoms with Gasteiger partial charge in [-0.25, -0.2) is 9.59 Å². The molecule has 1 aliphatic carbocycles. The van der Waals surface area contributed by atoms with Gasteiger partial charge in [-0.1, -0.05) is 28.8 Å². The average molecular weight is 420 g/mol. The fourth-order valence-electron chi connectivity index (χ4n) is 2.03. The minimum absolute atomic E-state index is 0.0318. The fourth-order valence-corrected chi connectivity index (χ4v) is 3.35. The van der Waals surface area contributed by atoms with Crippen molar-refractivity contribution < 1.29 is 14.7 Å². The Morgan fingerprint density at radius 3 is 2.62 bits per heavy atom. The third-order valence-corrected chi connectivity index (χ3v) is 4.38. The Kier molecular flexibility index (Phi) is 5.64. The Balaban J connectivity index is 1.93. The molecule has 1 aliphatic rings. The second-order valence-electron chi connectivity index (χ2n) is 5.08. The number of carbonyl (C=O) groups is 2. The topological polar surface area (TPSA) is 78.4 Å². The highest BCUT2D eigenvalue weighted by atomic mass is 79.9.